The van der Waals surface area contributed by atoms with Gasteiger partial charge in [0.15, 0.2) is 11.6 Å². The predicted octanol–water partition coefficient (Wildman–Crippen LogP) is 4.98. The van der Waals surface area contributed by atoms with E-state index in [-0.39, 0.29) is 18.0 Å². The molecule has 0 aliphatic carbocycles. The minimum Gasteiger partial charge on any atom is -0.486 e. The first kappa shape index (κ1) is 15.8. The van der Waals surface area contributed by atoms with Crippen molar-refractivity contribution in [3.05, 3.63) is 66.6 Å². The van der Waals surface area contributed by atoms with Crippen LogP contribution in [0, 0.1) is 21.7 Å². The summed E-state index contributed by atoms with van der Waals surface area (Å²) in [6.45, 7) is -0.124. The van der Waals surface area contributed by atoms with E-state index in [2.05, 4.69) is 31.9 Å². The minimum absolute atomic E-state index is 0.124. The van der Waals surface area contributed by atoms with Crippen LogP contribution in [0.1, 0.15) is 5.56 Å². The van der Waals surface area contributed by atoms with E-state index in [0.29, 0.717) is 14.5 Å². The van der Waals surface area contributed by atoms with Crippen molar-refractivity contribution < 1.29 is 18.4 Å². The van der Waals surface area contributed by atoms with Crippen LogP contribution in [0.4, 0.5) is 14.5 Å². The number of nitrogens with zero attached hydrogens (tertiary/aromatic N) is 1. The second kappa shape index (κ2) is 6.48. The molecule has 0 heterocycles. The second-order valence-corrected chi connectivity index (χ2v) is 5.80. The Bertz CT molecular complexity index is 710. The van der Waals surface area contributed by atoms with Crippen LogP contribution in [-0.2, 0) is 6.61 Å². The molecule has 21 heavy (non-hydrogen) atoms. The molecule has 2 aromatic carbocycles. The van der Waals surface area contributed by atoms with E-state index >= 15 is 0 Å². The molecule has 2 aromatic rings. The molecular weight excluding hydrogens is 416 g/mol. The zero-order valence-corrected chi connectivity index (χ0v) is 13.4. The molecule has 0 aromatic heterocycles. The topological polar surface area (TPSA) is 52.4 Å². The summed E-state index contributed by atoms with van der Waals surface area (Å²) in [4.78, 5) is 10.3. The number of nitro benzene ring substituents is 1. The van der Waals surface area contributed by atoms with Crippen molar-refractivity contribution >= 4 is 37.5 Å². The summed E-state index contributed by atoms with van der Waals surface area (Å²) in [6, 6.07) is 6.65. The van der Waals surface area contributed by atoms with Crippen molar-refractivity contribution in [2.75, 3.05) is 0 Å². The maximum atomic E-state index is 13.5. The molecule has 0 aliphatic rings. The average Bonchev–Trinajstić information content (AvgIpc) is 2.42. The zero-order chi connectivity index (χ0) is 15.6. The van der Waals surface area contributed by atoms with Crippen molar-refractivity contribution in [1.82, 2.24) is 0 Å². The number of benzene rings is 2. The molecule has 0 spiro atoms. The molecule has 8 heteroatoms. The molecule has 2 rings (SSSR count). The summed E-state index contributed by atoms with van der Waals surface area (Å²) >= 11 is 6.09. The fraction of sp³-hybridized carbons (Fsp3) is 0.0769. The number of rotatable bonds is 4. The molecule has 0 unspecified atom stereocenters. The smallest absolute Gasteiger partial charge is 0.283 e. The van der Waals surface area contributed by atoms with Crippen molar-refractivity contribution in [2.45, 2.75) is 6.61 Å². The number of ether oxygens (including phenoxy) is 1. The lowest BCUT2D eigenvalue weighted by Gasteiger charge is -2.08. The zero-order valence-electron chi connectivity index (χ0n) is 10.3. The Morgan fingerprint density at radius 2 is 1.90 bits per heavy atom. The van der Waals surface area contributed by atoms with Gasteiger partial charge in [0.05, 0.1) is 9.40 Å². The number of nitro groups is 1. The van der Waals surface area contributed by atoms with Crippen LogP contribution in [-0.4, -0.2) is 4.92 Å². The third kappa shape index (κ3) is 3.76. The van der Waals surface area contributed by atoms with Crippen LogP contribution >= 0.6 is 31.9 Å². The highest BCUT2D eigenvalue weighted by atomic mass is 79.9. The maximum Gasteiger partial charge on any atom is 0.283 e. The van der Waals surface area contributed by atoms with Crippen LogP contribution in [0.2, 0.25) is 0 Å². The number of hydrogen-bond donors (Lipinski definition) is 0. The van der Waals surface area contributed by atoms with Crippen LogP contribution in [0.5, 0.6) is 5.75 Å². The largest absolute Gasteiger partial charge is 0.486 e. The van der Waals surface area contributed by atoms with Gasteiger partial charge in [-0.1, -0.05) is 22.0 Å². The fourth-order valence-electron chi connectivity index (χ4n) is 1.59. The van der Waals surface area contributed by atoms with Crippen molar-refractivity contribution in [3.63, 3.8) is 0 Å². The maximum absolute atomic E-state index is 13.5. The standard InChI is InChI=1S/C13H7Br2F2NO3/c14-8-4-10(16)13(17)12(5-8)21-6-7-1-2-9(15)11(3-7)18(19)20/h1-5H,6H2. The third-order valence-electron chi connectivity index (χ3n) is 2.56. The molecule has 0 saturated heterocycles. The van der Waals surface area contributed by atoms with E-state index in [4.69, 9.17) is 4.74 Å². The Morgan fingerprint density at radius 3 is 2.57 bits per heavy atom. The van der Waals surface area contributed by atoms with E-state index < -0.39 is 16.6 Å². The highest BCUT2D eigenvalue weighted by Crippen LogP contribution is 2.28. The molecule has 0 aliphatic heterocycles. The molecule has 110 valence electrons. The Morgan fingerprint density at radius 1 is 1.19 bits per heavy atom. The first-order valence-electron chi connectivity index (χ1n) is 5.58. The van der Waals surface area contributed by atoms with E-state index in [1.807, 2.05) is 0 Å². The predicted molar refractivity (Wildman–Crippen MR) is 79.2 cm³/mol. The van der Waals surface area contributed by atoms with E-state index in [9.17, 15) is 18.9 Å². The van der Waals surface area contributed by atoms with Gasteiger partial charge in [-0.2, -0.15) is 4.39 Å². The van der Waals surface area contributed by atoms with Crippen LogP contribution in [0.25, 0.3) is 0 Å². The lowest BCUT2D eigenvalue weighted by atomic mass is 10.2. The van der Waals surface area contributed by atoms with Gasteiger partial charge in [0, 0.05) is 10.5 Å². The second-order valence-electron chi connectivity index (χ2n) is 4.03. The molecule has 0 radical (unpaired) electrons. The Balaban J connectivity index is 2.21. The van der Waals surface area contributed by atoms with Gasteiger partial charge in [0.25, 0.3) is 5.69 Å². The molecule has 4 nitrogen and oxygen atoms in total. The van der Waals surface area contributed by atoms with Gasteiger partial charge < -0.3 is 4.74 Å². The molecular formula is C13H7Br2F2NO3. The molecule has 0 amide bonds. The van der Waals surface area contributed by atoms with E-state index in [0.717, 1.165) is 6.07 Å². The monoisotopic (exact) mass is 421 g/mol. The number of hydrogen-bond acceptors (Lipinski definition) is 3. The number of halogens is 4. The summed E-state index contributed by atoms with van der Waals surface area (Å²) in [5.74, 6) is -2.42. The normalized spacial score (nSPS) is 10.5. The summed E-state index contributed by atoms with van der Waals surface area (Å²) in [5.41, 5.74) is 0.335. The van der Waals surface area contributed by atoms with Gasteiger partial charge >= 0.3 is 0 Å². The minimum atomic E-state index is -1.11. The van der Waals surface area contributed by atoms with Gasteiger partial charge in [0.1, 0.15) is 6.61 Å². The lowest BCUT2D eigenvalue weighted by molar-refractivity contribution is -0.385. The molecule has 0 atom stereocenters. The Hall–Kier alpha value is -1.54. The highest BCUT2D eigenvalue weighted by molar-refractivity contribution is 9.10. The van der Waals surface area contributed by atoms with Crippen LogP contribution in [0.3, 0.4) is 0 Å². The van der Waals surface area contributed by atoms with E-state index in [1.54, 1.807) is 6.07 Å². The first-order chi connectivity index (χ1) is 9.88. The van der Waals surface area contributed by atoms with E-state index in [1.165, 1.54) is 18.2 Å². The van der Waals surface area contributed by atoms with Crippen molar-refractivity contribution in [1.29, 1.82) is 0 Å². The fourth-order valence-corrected chi connectivity index (χ4v) is 2.39. The molecule has 0 bridgehead atoms. The summed E-state index contributed by atoms with van der Waals surface area (Å²) in [5, 5.41) is 10.8. The highest BCUT2D eigenvalue weighted by Gasteiger charge is 2.14. The summed E-state index contributed by atoms with van der Waals surface area (Å²) in [7, 11) is 0. The first-order valence-corrected chi connectivity index (χ1v) is 7.17. The van der Waals surface area contributed by atoms with Gasteiger partial charge in [-0.15, -0.1) is 0 Å². The SMILES string of the molecule is O=[N+]([O-])c1cc(COc2cc(Br)cc(F)c2F)ccc1Br. The Labute approximate surface area is 135 Å². The third-order valence-corrected chi connectivity index (χ3v) is 3.69. The van der Waals surface area contributed by atoms with Crippen molar-refractivity contribution in [3.8, 4) is 5.75 Å². The van der Waals surface area contributed by atoms with Crippen LogP contribution < -0.4 is 4.74 Å². The van der Waals surface area contributed by atoms with Gasteiger partial charge in [-0.25, -0.2) is 4.39 Å². The quantitative estimate of drug-likeness (QED) is 0.396. The molecule has 0 N–H and O–H groups in total. The summed E-state index contributed by atoms with van der Waals surface area (Å²) < 4.78 is 32.6. The van der Waals surface area contributed by atoms with Gasteiger partial charge in [0.2, 0.25) is 5.82 Å². The molecule has 0 saturated carbocycles. The van der Waals surface area contributed by atoms with Gasteiger partial charge in [-0.05, 0) is 39.7 Å². The Kier molecular flexibility index (Phi) is 4.89. The van der Waals surface area contributed by atoms with Gasteiger partial charge in [-0.3, -0.25) is 10.1 Å². The summed E-state index contributed by atoms with van der Waals surface area (Å²) in [6.07, 6.45) is 0. The average molecular weight is 423 g/mol. The molecule has 0 fully saturated rings. The van der Waals surface area contributed by atoms with Crippen LogP contribution in [0.15, 0.2) is 39.3 Å². The lowest BCUT2D eigenvalue weighted by Crippen LogP contribution is -2.00. The van der Waals surface area contributed by atoms with Crippen molar-refractivity contribution in [2.24, 2.45) is 0 Å².